The highest BCUT2D eigenvalue weighted by molar-refractivity contribution is 7.99. The number of hydrogen-bond acceptors (Lipinski definition) is 6. The summed E-state index contributed by atoms with van der Waals surface area (Å²) in [5.41, 5.74) is 1.41. The van der Waals surface area contributed by atoms with Crippen molar-refractivity contribution in [2.75, 3.05) is 19.0 Å². The lowest BCUT2D eigenvalue weighted by Gasteiger charge is -2.22. The van der Waals surface area contributed by atoms with Crippen LogP contribution in [0.5, 0.6) is 0 Å². The van der Waals surface area contributed by atoms with Gasteiger partial charge in [-0.05, 0) is 56.9 Å². The first-order valence-electron chi connectivity index (χ1n) is 10.2. The molecule has 2 saturated heterocycles. The fourth-order valence-corrected chi connectivity index (χ4v) is 6.80. The van der Waals surface area contributed by atoms with E-state index < -0.39 is 0 Å². The third-order valence-electron chi connectivity index (χ3n) is 5.87. The summed E-state index contributed by atoms with van der Waals surface area (Å²) in [6.07, 6.45) is 9.32. The van der Waals surface area contributed by atoms with Crippen LogP contribution in [0.3, 0.4) is 0 Å². The van der Waals surface area contributed by atoms with Crippen LogP contribution in [0.4, 0.5) is 0 Å². The van der Waals surface area contributed by atoms with Gasteiger partial charge in [0.2, 0.25) is 0 Å². The van der Waals surface area contributed by atoms with E-state index in [9.17, 15) is 4.79 Å². The Labute approximate surface area is 167 Å². The topological polar surface area (TPSA) is 53.3 Å². The first kappa shape index (κ1) is 18.2. The van der Waals surface area contributed by atoms with Gasteiger partial charge in [0.15, 0.2) is 5.16 Å². The lowest BCUT2D eigenvalue weighted by Crippen LogP contribution is -2.29. The molecule has 3 aliphatic rings. The molecule has 0 N–H and O–H groups in total. The monoisotopic (exact) mass is 406 g/mol. The molecule has 0 bridgehead atoms. The quantitative estimate of drug-likeness (QED) is 0.559. The molecule has 0 aromatic carbocycles. The molecule has 0 radical (unpaired) electrons. The summed E-state index contributed by atoms with van der Waals surface area (Å²) < 4.78 is 13.6. The van der Waals surface area contributed by atoms with Crippen molar-refractivity contribution in [1.82, 2.24) is 9.55 Å². The molecule has 2 atom stereocenters. The van der Waals surface area contributed by atoms with Gasteiger partial charge in [-0.1, -0.05) is 11.8 Å². The first-order chi connectivity index (χ1) is 13.3. The fraction of sp³-hybridized carbons (Fsp3) is 0.700. The minimum absolute atomic E-state index is 0.138. The van der Waals surface area contributed by atoms with Crippen molar-refractivity contribution in [3.8, 4) is 0 Å². The van der Waals surface area contributed by atoms with E-state index in [1.807, 2.05) is 4.57 Å². The van der Waals surface area contributed by atoms with Crippen LogP contribution in [-0.4, -0.2) is 40.7 Å². The van der Waals surface area contributed by atoms with Gasteiger partial charge in [-0.2, -0.15) is 0 Å². The molecular weight excluding hydrogens is 380 g/mol. The Bertz CT molecular complexity index is 879. The zero-order valence-corrected chi connectivity index (χ0v) is 17.2. The van der Waals surface area contributed by atoms with Gasteiger partial charge >= 0.3 is 0 Å². The van der Waals surface area contributed by atoms with Crippen LogP contribution < -0.4 is 5.56 Å². The van der Waals surface area contributed by atoms with Gasteiger partial charge < -0.3 is 9.47 Å². The maximum Gasteiger partial charge on any atom is 0.263 e. The van der Waals surface area contributed by atoms with Crippen LogP contribution in [-0.2, 0) is 28.9 Å². The van der Waals surface area contributed by atoms with Crippen molar-refractivity contribution >= 4 is 33.3 Å². The zero-order valence-electron chi connectivity index (χ0n) is 15.6. The molecule has 2 fully saturated rings. The van der Waals surface area contributed by atoms with Gasteiger partial charge in [-0.15, -0.1) is 11.3 Å². The number of rotatable bonds is 5. The normalized spacial score (nSPS) is 25.3. The summed E-state index contributed by atoms with van der Waals surface area (Å²) in [6.45, 7) is 2.29. The van der Waals surface area contributed by atoms with Crippen molar-refractivity contribution in [1.29, 1.82) is 0 Å². The van der Waals surface area contributed by atoms with Crippen molar-refractivity contribution in [3.63, 3.8) is 0 Å². The van der Waals surface area contributed by atoms with Crippen LogP contribution in [0.2, 0.25) is 0 Å². The van der Waals surface area contributed by atoms with Gasteiger partial charge in [0.05, 0.1) is 24.1 Å². The van der Waals surface area contributed by atoms with Crippen LogP contribution in [0.25, 0.3) is 10.2 Å². The number of thiophene rings is 1. The molecule has 0 unspecified atom stereocenters. The molecule has 0 saturated carbocycles. The molecule has 0 spiro atoms. The van der Waals surface area contributed by atoms with Crippen molar-refractivity contribution < 1.29 is 9.47 Å². The molecule has 2 aromatic rings. The lowest BCUT2D eigenvalue weighted by atomic mass is 10.1. The van der Waals surface area contributed by atoms with Gasteiger partial charge in [0.1, 0.15) is 4.83 Å². The molecule has 0 amide bonds. The van der Waals surface area contributed by atoms with Crippen LogP contribution in [0, 0.1) is 0 Å². The second kappa shape index (κ2) is 7.85. The number of thioether (sulfide) groups is 1. The Hall–Kier alpha value is -0.890. The maximum atomic E-state index is 13.4. The summed E-state index contributed by atoms with van der Waals surface area (Å²) in [4.78, 5) is 20.7. The van der Waals surface area contributed by atoms with Gasteiger partial charge in [0, 0.05) is 23.8 Å². The molecule has 27 heavy (non-hydrogen) atoms. The van der Waals surface area contributed by atoms with Crippen LogP contribution in [0.1, 0.15) is 49.0 Å². The zero-order chi connectivity index (χ0) is 18.2. The number of ether oxygens (including phenoxy) is 2. The molecule has 4 heterocycles. The molecule has 146 valence electrons. The Morgan fingerprint density at radius 3 is 2.74 bits per heavy atom. The van der Waals surface area contributed by atoms with E-state index in [1.165, 1.54) is 16.9 Å². The van der Waals surface area contributed by atoms with Crippen molar-refractivity contribution in [2.45, 2.75) is 75.3 Å². The molecule has 2 aromatic heterocycles. The van der Waals surface area contributed by atoms with E-state index in [4.69, 9.17) is 14.5 Å². The third kappa shape index (κ3) is 3.59. The molecule has 7 heteroatoms. The number of nitrogens with zero attached hydrogens (tertiary/aromatic N) is 2. The van der Waals surface area contributed by atoms with Gasteiger partial charge in [0.25, 0.3) is 5.56 Å². The van der Waals surface area contributed by atoms with E-state index in [1.54, 1.807) is 23.1 Å². The summed E-state index contributed by atoms with van der Waals surface area (Å²) in [5, 5.41) is 1.72. The molecular formula is C20H26N2O3S2. The maximum absolute atomic E-state index is 13.4. The predicted octanol–water partition coefficient (Wildman–Crippen LogP) is 3.79. The minimum Gasteiger partial charge on any atom is -0.377 e. The van der Waals surface area contributed by atoms with Gasteiger partial charge in [-0.3, -0.25) is 9.36 Å². The van der Waals surface area contributed by atoms with E-state index in [0.717, 1.165) is 79.3 Å². The van der Waals surface area contributed by atoms with Crippen LogP contribution >= 0.6 is 23.1 Å². The molecule has 5 nitrogen and oxygen atoms in total. The van der Waals surface area contributed by atoms with Crippen molar-refractivity contribution in [2.24, 2.45) is 0 Å². The second-order valence-electron chi connectivity index (χ2n) is 7.78. The first-order valence-corrected chi connectivity index (χ1v) is 12.0. The summed E-state index contributed by atoms with van der Waals surface area (Å²) in [7, 11) is 0. The van der Waals surface area contributed by atoms with E-state index in [2.05, 4.69) is 0 Å². The summed E-state index contributed by atoms with van der Waals surface area (Å²) in [5.74, 6) is 0.870. The van der Waals surface area contributed by atoms with E-state index in [0.29, 0.717) is 6.54 Å². The number of fused-ring (bicyclic) bond motifs is 3. The van der Waals surface area contributed by atoms with Gasteiger partial charge in [-0.25, -0.2) is 4.98 Å². The van der Waals surface area contributed by atoms with E-state index >= 15 is 0 Å². The largest absolute Gasteiger partial charge is 0.377 e. The number of hydrogen-bond donors (Lipinski definition) is 0. The lowest BCUT2D eigenvalue weighted by molar-refractivity contribution is 0.0315. The fourth-order valence-electron chi connectivity index (χ4n) is 4.43. The highest BCUT2D eigenvalue weighted by atomic mass is 32.2. The smallest absolute Gasteiger partial charge is 0.263 e. The minimum atomic E-state index is 0.138. The molecule has 2 aliphatic heterocycles. The Morgan fingerprint density at radius 1 is 1.07 bits per heavy atom. The Morgan fingerprint density at radius 2 is 1.93 bits per heavy atom. The average Bonchev–Trinajstić information content (AvgIpc) is 3.40. The van der Waals surface area contributed by atoms with Crippen LogP contribution in [0.15, 0.2) is 9.95 Å². The summed E-state index contributed by atoms with van der Waals surface area (Å²) >= 11 is 3.41. The Balaban J connectivity index is 1.49. The highest BCUT2D eigenvalue weighted by Crippen LogP contribution is 2.36. The molecule has 1 aliphatic carbocycles. The predicted molar refractivity (Wildman–Crippen MR) is 109 cm³/mol. The number of aromatic nitrogens is 2. The standard InChI is InChI=1S/C20H26N2O3S2/c23-19-17-15-7-3-8-16(15)27-18(17)21-20(22(19)11-13-6-4-10-24-13)26-12-14-5-1-2-9-25-14/h13-14H,1-12H2/t13-,14+/m1/s1. The second-order valence-corrected chi connectivity index (χ2v) is 9.85. The SMILES string of the molecule is O=c1c2c3c(sc2nc(SC[C@@H]2CCCCO2)n1C[C@H]1CCCO1)CCC3. The van der Waals surface area contributed by atoms with E-state index in [-0.39, 0.29) is 17.8 Å². The number of aryl methyl sites for hydroxylation is 2. The van der Waals surface area contributed by atoms with Crippen molar-refractivity contribution in [3.05, 3.63) is 20.8 Å². The highest BCUT2D eigenvalue weighted by Gasteiger charge is 2.26. The Kier molecular flexibility index (Phi) is 5.28. The average molecular weight is 407 g/mol. The molecule has 5 rings (SSSR count). The summed E-state index contributed by atoms with van der Waals surface area (Å²) in [6, 6.07) is 0. The third-order valence-corrected chi connectivity index (χ3v) is 8.17.